The summed E-state index contributed by atoms with van der Waals surface area (Å²) in [5, 5.41) is 14.8. The third kappa shape index (κ3) is 4.12. The lowest BCUT2D eigenvalue weighted by Crippen LogP contribution is -2.55. The van der Waals surface area contributed by atoms with Crippen molar-refractivity contribution in [2.24, 2.45) is 4.99 Å². The molecule has 1 unspecified atom stereocenters. The van der Waals surface area contributed by atoms with E-state index < -0.39 is 5.60 Å². The molecule has 24 heavy (non-hydrogen) atoms. The molecule has 0 aromatic carbocycles. The summed E-state index contributed by atoms with van der Waals surface area (Å²) in [4.78, 5) is 13.5. The topological polar surface area (TPSA) is 76.9 Å². The van der Waals surface area contributed by atoms with Crippen molar-refractivity contribution in [2.45, 2.75) is 25.4 Å². The summed E-state index contributed by atoms with van der Waals surface area (Å²) in [6, 6.07) is 0. The molecular weight excluding hydrogens is 344 g/mol. The average molecular weight is 371 g/mol. The van der Waals surface area contributed by atoms with Gasteiger partial charge in [0.2, 0.25) is 5.13 Å². The predicted molar refractivity (Wildman–Crippen MR) is 101 cm³/mol. The van der Waals surface area contributed by atoms with Crippen LogP contribution in [-0.2, 0) is 6.42 Å². The van der Waals surface area contributed by atoms with Crippen molar-refractivity contribution < 1.29 is 5.11 Å². The van der Waals surface area contributed by atoms with Gasteiger partial charge in [0.05, 0.1) is 5.60 Å². The molecule has 1 aromatic heterocycles. The van der Waals surface area contributed by atoms with E-state index in [9.17, 15) is 5.11 Å². The number of aryl methyl sites for hydroxylation is 1. The molecule has 2 aliphatic rings. The molecule has 1 aromatic rings. The summed E-state index contributed by atoms with van der Waals surface area (Å²) < 4.78 is 4.37. The van der Waals surface area contributed by atoms with Crippen LogP contribution < -0.4 is 10.2 Å². The number of hydrogen-bond donors (Lipinski definition) is 2. The van der Waals surface area contributed by atoms with Gasteiger partial charge in [0.1, 0.15) is 5.82 Å². The Morgan fingerprint density at radius 3 is 2.75 bits per heavy atom. The number of hydrogen-bond acceptors (Lipinski definition) is 7. The maximum absolute atomic E-state index is 10.5. The van der Waals surface area contributed by atoms with E-state index in [1.54, 1.807) is 7.05 Å². The number of aromatic nitrogens is 2. The molecular formula is C15H26N6OS2. The number of piperazine rings is 1. The molecule has 3 rings (SSSR count). The van der Waals surface area contributed by atoms with Gasteiger partial charge in [-0.1, -0.05) is 6.92 Å². The maximum atomic E-state index is 10.5. The molecule has 7 nitrogen and oxygen atoms in total. The molecule has 0 radical (unpaired) electrons. The van der Waals surface area contributed by atoms with Gasteiger partial charge in [0, 0.05) is 63.5 Å². The van der Waals surface area contributed by atoms with Crippen LogP contribution in [0.3, 0.4) is 0 Å². The second-order valence-electron chi connectivity index (χ2n) is 6.25. The van der Waals surface area contributed by atoms with Crippen LogP contribution >= 0.6 is 23.3 Å². The third-order valence-corrected chi connectivity index (χ3v) is 6.54. The zero-order valence-corrected chi connectivity index (χ0v) is 16.0. The van der Waals surface area contributed by atoms with Crippen molar-refractivity contribution in [3.63, 3.8) is 0 Å². The quantitative estimate of drug-likeness (QED) is 0.596. The largest absolute Gasteiger partial charge is 0.387 e. The molecule has 0 spiro atoms. The van der Waals surface area contributed by atoms with Gasteiger partial charge in [-0.15, -0.1) is 0 Å². The first kappa shape index (κ1) is 17.8. The van der Waals surface area contributed by atoms with Crippen molar-refractivity contribution in [3.8, 4) is 0 Å². The van der Waals surface area contributed by atoms with E-state index in [1.165, 1.54) is 11.5 Å². The predicted octanol–water partition coefficient (Wildman–Crippen LogP) is 0.666. The molecule has 1 atom stereocenters. The van der Waals surface area contributed by atoms with Crippen molar-refractivity contribution in [1.29, 1.82) is 0 Å². The number of aliphatic imine (C=N–C) groups is 1. The molecule has 134 valence electrons. The Morgan fingerprint density at radius 1 is 1.38 bits per heavy atom. The highest BCUT2D eigenvalue weighted by Gasteiger charge is 2.32. The maximum Gasteiger partial charge on any atom is 0.205 e. The lowest BCUT2D eigenvalue weighted by Gasteiger charge is -2.37. The summed E-state index contributed by atoms with van der Waals surface area (Å²) in [7, 11) is 1.81. The number of aliphatic hydroxyl groups is 1. The Bertz CT molecular complexity index is 564. The fraction of sp³-hybridized carbons (Fsp3) is 0.800. The molecule has 2 N–H and O–H groups in total. The molecule has 2 aliphatic heterocycles. The molecule has 0 amide bonds. The van der Waals surface area contributed by atoms with Crippen molar-refractivity contribution in [1.82, 2.24) is 19.6 Å². The van der Waals surface area contributed by atoms with Crippen LogP contribution in [0.4, 0.5) is 5.13 Å². The smallest absolute Gasteiger partial charge is 0.205 e. The van der Waals surface area contributed by atoms with Crippen LogP contribution in [0.15, 0.2) is 4.99 Å². The van der Waals surface area contributed by atoms with Crippen LogP contribution in [0.5, 0.6) is 0 Å². The Labute approximate surface area is 151 Å². The number of nitrogens with zero attached hydrogens (tertiary/aromatic N) is 5. The van der Waals surface area contributed by atoms with Gasteiger partial charge in [-0.3, -0.25) is 4.99 Å². The zero-order chi connectivity index (χ0) is 17.0. The first-order valence-electron chi connectivity index (χ1n) is 8.47. The van der Waals surface area contributed by atoms with E-state index in [1.807, 2.05) is 11.8 Å². The highest BCUT2D eigenvalue weighted by molar-refractivity contribution is 7.99. The Hall–Kier alpha value is -1.06. The lowest BCUT2D eigenvalue weighted by atomic mass is 10.0. The SMILES string of the molecule is CCc1nsc(N2CCN(C(=NC)NCC3(O)CCSC3)CC2)n1. The van der Waals surface area contributed by atoms with E-state index in [4.69, 9.17) is 0 Å². The summed E-state index contributed by atoms with van der Waals surface area (Å²) in [6.07, 6.45) is 1.74. The minimum absolute atomic E-state index is 0.573. The molecule has 3 heterocycles. The van der Waals surface area contributed by atoms with Gasteiger partial charge in [0.25, 0.3) is 0 Å². The normalized spacial score (nSPS) is 25.4. The van der Waals surface area contributed by atoms with E-state index in [0.29, 0.717) is 6.54 Å². The van der Waals surface area contributed by atoms with Crippen LogP contribution in [0.2, 0.25) is 0 Å². The summed E-state index contributed by atoms with van der Waals surface area (Å²) in [5.41, 5.74) is -0.592. The second-order valence-corrected chi connectivity index (χ2v) is 8.08. The number of anilines is 1. The van der Waals surface area contributed by atoms with Crippen molar-refractivity contribution in [3.05, 3.63) is 5.82 Å². The van der Waals surface area contributed by atoms with E-state index in [2.05, 4.69) is 36.4 Å². The Balaban J connectivity index is 1.50. The van der Waals surface area contributed by atoms with E-state index >= 15 is 0 Å². The Morgan fingerprint density at radius 2 is 2.17 bits per heavy atom. The third-order valence-electron chi connectivity index (χ3n) is 4.49. The zero-order valence-electron chi connectivity index (χ0n) is 14.4. The van der Waals surface area contributed by atoms with Crippen LogP contribution in [0, 0.1) is 0 Å². The highest BCUT2D eigenvalue weighted by atomic mass is 32.2. The van der Waals surface area contributed by atoms with E-state index in [0.717, 1.165) is 67.4 Å². The van der Waals surface area contributed by atoms with Gasteiger partial charge in [-0.25, -0.2) is 4.98 Å². The van der Waals surface area contributed by atoms with Gasteiger partial charge in [-0.2, -0.15) is 16.1 Å². The standard InChI is InChI=1S/C15H26N6OS2/c1-3-12-18-14(24-19-12)21-7-5-20(6-8-21)13(16-2)17-10-15(22)4-9-23-11-15/h22H,3-11H2,1-2H3,(H,16,17). The van der Waals surface area contributed by atoms with Crippen LogP contribution in [-0.4, -0.2) is 82.2 Å². The number of rotatable bonds is 4. The summed E-state index contributed by atoms with van der Waals surface area (Å²) in [6.45, 7) is 6.28. The molecule has 2 fully saturated rings. The molecule has 0 saturated carbocycles. The van der Waals surface area contributed by atoms with E-state index in [-0.39, 0.29) is 0 Å². The summed E-state index contributed by atoms with van der Waals surface area (Å²) >= 11 is 3.30. The average Bonchev–Trinajstić information content (AvgIpc) is 3.25. The molecule has 2 saturated heterocycles. The van der Waals surface area contributed by atoms with Gasteiger partial charge >= 0.3 is 0 Å². The minimum atomic E-state index is -0.592. The van der Waals surface area contributed by atoms with Crippen LogP contribution in [0.25, 0.3) is 0 Å². The minimum Gasteiger partial charge on any atom is -0.387 e. The first-order valence-corrected chi connectivity index (χ1v) is 10.4. The van der Waals surface area contributed by atoms with Gasteiger partial charge in [0.15, 0.2) is 5.96 Å². The van der Waals surface area contributed by atoms with Gasteiger partial charge in [-0.05, 0) is 12.2 Å². The molecule has 9 heteroatoms. The first-order chi connectivity index (χ1) is 11.6. The fourth-order valence-electron chi connectivity index (χ4n) is 2.94. The van der Waals surface area contributed by atoms with Crippen LogP contribution in [0.1, 0.15) is 19.2 Å². The monoisotopic (exact) mass is 370 g/mol. The lowest BCUT2D eigenvalue weighted by molar-refractivity contribution is 0.0716. The Kier molecular flexibility index (Phi) is 5.83. The second kappa shape index (κ2) is 7.88. The number of nitrogens with one attached hydrogen (secondary N) is 1. The summed E-state index contributed by atoms with van der Waals surface area (Å²) in [5.74, 6) is 3.66. The fourth-order valence-corrected chi connectivity index (χ4v) is 5.03. The molecule has 0 bridgehead atoms. The van der Waals surface area contributed by atoms with Gasteiger partial charge < -0.3 is 20.2 Å². The van der Waals surface area contributed by atoms with Crippen molar-refractivity contribution >= 4 is 34.4 Å². The highest BCUT2D eigenvalue weighted by Crippen LogP contribution is 2.27. The molecule has 0 aliphatic carbocycles. The number of guanidine groups is 1. The number of thioether (sulfide) groups is 1. The van der Waals surface area contributed by atoms with Crippen molar-refractivity contribution in [2.75, 3.05) is 56.2 Å².